The minimum Gasteiger partial charge on any atom is -0.480 e. The van der Waals surface area contributed by atoms with Crippen molar-refractivity contribution < 1.29 is 14.6 Å². The number of ether oxygens (including phenoxy) is 1. The van der Waals surface area contributed by atoms with Crippen LogP contribution in [0, 0.1) is 0 Å². The Morgan fingerprint density at radius 2 is 2.43 bits per heavy atom. The average Bonchev–Trinajstić information content (AvgIpc) is 2.61. The van der Waals surface area contributed by atoms with Crippen molar-refractivity contribution >= 4 is 5.97 Å². The van der Waals surface area contributed by atoms with Gasteiger partial charge in [0.1, 0.15) is 6.04 Å². The fraction of sp³-hybridized carbons (Fsp3) is 0.900. The van der Waals surface area contributed by atoms with Gasteiger partial charge in [-0.15, -0.1) is 0 Å². The van der Waals surface area contributed by atoms with E-state index in [1.807, 2.05) is 11.8 Å². The lowest BCUT2D eigenvalue weighted by Crippen LogP contribution is -2.44. The van der Waals surface area contributed by atoms with Gasteiger partial charge in [-0.2, -0.15) is 0 Å². The monoisotopic (exact) mass is 201 g/mol. The second kappa shape index (κ2) is 5.32. The van der Waals surface area contributed by atoms with Gasteiger partial charge in [-0.1, -0.05) is 0 Å². The van der Waals surface area contributed by atoms with E-state index >= 15 is 0 Å². The van der Waals surface area contributed by atoms with Crippen LogP contribution in [0.3, 0.4) is 0 Å². The summed E-state index contributed by atoms with van der Waals surface area (Å²) in [7, 11) is 0. The lowest BCUT2D eigenvalue weighted by Gasteiger charge is -2.27. The van der Waals surface area contributed by atoms with Gasteiger partial charge in [0.2, 0.25) is 0 Å². The van der Waals surface area contributed by atoms with Gasteiger partial charge in [0, 0.05) is 12.6 Å². The van der Waals surface area contributed by atoms with Crippen molar-refractivity contribution in [2.45, 2.75) is 38.8 Å². The van der Waals surface area contributed by atoms with E-state index in [4.69, 9.17) is 9.84 Å². The third-order valence-electron chi connectivity index (χ3n) is 2.79. The van der Waals surface area contributed by atoms with Crippen molar-refractivity contribution in [2.75, 3.05) is 19.8 Å². The van der Waals surface area contributed by atoms with E-state index < -0.39 is 5.97 Å². The SMILES string of the molecule is CCOC[C@@H]1CCCN1[C@@H](C)C(=O)O. The van der Waals surface area contributed by atoms with Crippen LogP contribution >= 0.6 is 0 Å². The van der Waals surface area contributed by atoms with Crippen LogP contribution in [0.25, 0.3) is 0 Å². The van der Waals surface area contributed by atoms with Crippen molar-refractivity contribution in [3.05, 3.63) is 0 Å². The molecule has 2 atom stereocenters. The van der Waals surface area contributed by atoms with Gasteiger partial charge in [-0.3, -0.25) is 9.69 Å². The highest BCUT2D eigenvalue weighted by Gasteiger charge is 2.31. The zero-order valence-electron chi connectivity index (χ0n) is 8.90. The number of hydrogen-bond acceptors (Lipinski definition) is 3. The van der Waals surface area contributed by atoms with E-state index in [2.05, 4.69) is 0 Å². The topological polar surface area (TPSA) is 49.8 Å². The Morgan fingerprint density at radius 1 is 1.71 bits per heavy atom. The Kier molecular flexibility index (Phi) is 4.35. The second-order valence-electron chi connectivity index (χ2n) is 3.71. The molecular weight excluding hydrogens is 182 g/mol. The van der Waals surface area contributed by atoms with Crippen LogP contribution < -0.4 is 0 Å². The average molecular weight is 201 g/mol. The Labute approximate surface area is 84.8 Å². The molecule has 0 radical (unpaired) electrons. The molecule has 0 aromatic carbocycles. The van der Waals surface area contributed by atoms with E-state index in [9.17, 15) is 4.79 Å². The number of likely N-dealkylation sites (tertiary alicyclic amines) is 1. The fourth-order valence-corrected chi connectivity index (χ4v) is 1.94. The van der Waals surface area contributed by atoms with E-state index in [1.54, 1.807) is 6.92 Å². The molecule has 1 rings (SSSR count). The fourth-order valence-electron chi connectivity index (χ4n) is 1.94. The van der Waals surface area contributed by atoms with Crippen molar-refractivity contribution in [1.82, 2.24) is 4.90 Å². The van der Waals surface area contributed by atoms with Crippen LogP contribution in [0.4, 0.5) is 0 Å². The van der Waals surface area contributed by atoms with E-state index in [1.165, 1.54) is 0 Å². The summed E-state index contributed by atoms with van der Waals surface area (Å²) in [6, 6.07) is -0.0935. The van der Waals surface area contributed by atoms with Crippen molar-refractivity contribution in [2.24, 2.45) is 0 Å². The first-order chi connectivity index (χ1) is 6.66. The highest BCUT2D eigenvalue weighted by atomic mass is 16.5. The van der Waals surface area contributed by atoms with Crippen LogP contribution in [-0.4, -0.2) is 47.8 Å². The summed E-state index contributed by atoms with van der Waals surface area (Å²) in [5.41, 5.74) is 0. The molecule has 82 valence electrons. The molecule has 0 bridgehead atoms. The van der Waals surface area contributed by atoms with Gasteiger partial charge < -0.3 is 9.84 Å². The van der Waals surface area contributed by atoms with Gasteiger partial charge in [0.25, 0.3) is 0 Å². The quantitative estimate of drug-likeness (QED) is 0.719. The highest BCUT2D eigenvalue weighted by molar-refractivity contribution is 5.73. The van der Waals surface area contributed by atoms with Crippen LogP contribution in [0.5, 0.6) is 0 Å². The summed E-state index contributed by atoms with van der Waals surface area (Å²) >= 11 is 0. The molecule has 1 N–H and O–H groups in total. The van der Waals surface area contributed by atoms with Crippen LogP contribution in [0.2, 0.25) is 0 Å². The zero-order valence-corrected chi connectivity index (χ0v) is 8.90. The third-order valence-corrected chi connectivity index (χ3v) is 2.79. The number of rotatable bonds is 5. The molecule has 0 saturated carbocycles. The molecule has 4 heteroatoms. The smallest absolute Gasteiger partial charge is 0.320 e. The minimum absolute atomic E-state index is 0.293. The van der Waals surface area contributed by atoms with E-state index in [0.29, 0.717) is 19.3 Å². The lowest BCUT2D eigenvalue weighted by molar-refractivity contribution is -0.143. The maximum atomic E-state index is 10.8. The Morgan fingerprint density at radius 3 is 3.00 bits per heavy atom. The van der Waals surface area contributed by atoms with Crippen LogP contribution in [0.15, 0.2) is 0 Å². The standard InChI is InChI=1S/C10H19NO3/c1-3-14-7-9-5-4-6-11(9)8(2)10(12)13/h8-9H,3-7H2,1-2H3,(H,12,13)/t8-,9-/m0/s1. The summed E-state index contributed by atoms with van der Waals surface area (Å²) in [6.07, 6.45) is 2.13. The Bertz CT molecular complexity index is 196. The Balaban J connectivity index is 2.46. The molecular formula is C10H19NO3. The van der Waals surface area contributed by atoms with Gasteiger partial charge in [-0.05, 0) is 33.2 Å². The molecule has 0 aliphatic carbocycles. The molecule has 1 fully saturated rings. The molecule has 4 nitrogen and oxygen atoms in total. The van der Waals surface area contributed by atoms with Gasteiger partial charge in [0.05, 0.1) is 6.61 Å². The van der Waals surface area contributed by atoms with Gasteiger partial charge in [-0.25, -0.2) is 0 Å². The van der Waals surface area contributed by atoms with Crippen LogP contribution in [0.1, 0.15) is 26.7 Å². The largest absolute Gasteiger partial charge is 0.480 e. The van der Waals surface area contributed by atoms with Crippen molar-refractivity contribution in [1.29, 1.82) is 0 Å². The summed E-state index contributed by atoms with van der Waals surface area (Å²) in [6.45, 7) is 5.94. The molecule has 0 unspecified atom stereocenters. The number of hydrogen-bond donors (Lipinski definition) is 1. The Hall–Kier alpha value is -0.610. The molecule has 1 aliphatic heterocycles. The molecule has 0 amide bonds. The number of carboxylic acids is 1. The van der Waals surface area contributed by atoms with E-state index in [-0.39, 0.29) is 6.04 Å². The molecule has 1 aliphatic rings. The summed E-state index contributed by atoms with van der Waals surface area (Å²) in [5, 5.41) is 8.90. The number of carboxylic acid groups (broad SMARTS) is 1. The first-order valence-corrected chi connectivity index (χ1v) is 5.23. The van der Waals surface area contributed by atoms with Crippen molar-refractivity contribution in [3.63, 3.8) is 0 Å². The normalized spacial score (nSPS) is 25.1. The predicted molar refractivity (Wildman–Crippen MR) is 53.3 cm³/mol. The first kappa shape index (κ1) is 11.5. The molecule has 14 heavy (non-hydrogen) atoms. The summed E-state index contributed by atoms with van der Waals surface area (Å²) in [5.74, 6) is -0.742. The van der Waals surface area contributed by atoms with E-state index in [0.717, 1.165) is 19.4 Å². The predicted octanol–water partition coefficient (Wildman–Crippen LogP) is 0.960. The molecule has 0 aromatic rings. The van der Waals surface area contributed by atoms with Crippen LogP contribution in [-0.2, 0) is 9.53 Å². The van der Waals surface area contributed by atoms with Gasteiger partial charge in [0.15, 0.2) is 0 Å². The van der Waals surface area contributed by atoms with Gasteiger partial charge >= 0.3 is 5.97 Å². The molecule has 0 aromatic heterocycles. The lowest BCUT2D eigenvalue weighted by atomic mass is 10.2. The molecule has 0 spiro atoms. The number of nitrogens with zero attached hydrogens (tertiary/aromatic N) is 1. The second-order valence-corrected chi connectivity index (χ2v) is 3.71. The highest BCUT2D eigenvalue weighted by Crippen LogP contribution is 2.20. The van der Waals surface area contributed by atoms with Crippen molar-refractivity contribution in [3.8, 4) is 0 Å². The maximum Gasteiger partial charge on any atom is 0.320 e. The number of aliphatic carboxylic acids is 1. The third kappa shape index (κ3) is 2.69. The summed E-state index contributed by atoms with van der Waals surface area (Å²) < 4.78 is 5.34. The first-order valence-electron chi connectivity index (χ1n) is 5.23. The minimum atomic E-state index is -0.742. The summed E-state index contributed by atoms with van der Waals surface area (Å²) in [4.78, 5) is 12.8. The molecule has 1 saturated heterocycles. The maximum absolute atomic E-state index is 10.8. The zero-order chi connectivity index (χ0) is 10.6. The molecule has 1 heterocycles. The number of carbonyl (C=O) groups is 1.